The van der Waals surface area contributed by atoms with Crippen LogP contribution in [-0.4, -0.2) is 4.98 Å². The van der Waals surface area contributed by atoms with Crippen molar-refractivity contribution in [3.05, 3.63) is 64.7 Å². The second kappa shape index (κ2) is 8.39. The molecule has 0 unspecified atom stereocenters. The van der Waals surface area contributed by atoms with Gasteiger partial charge in [-0.25, -0.2) is 0 Å². The van der Waals surface area contributed by atoms with E-state index < -0.39 is 0 Å². The molecule has 0 amide bonds. The summed E-state index contributed by atoms with van der Waals surface area (Å²) in [6, 6.07) is 18.8. The Morgan fingerprint density at radius 3 is 2.33 bits per heavy atom. The van der Waals surface area contributed by atoms with Crippen molar-refractivity contribution in [1.82, 2.24) is 4.98 Å². The zero-order chi connectivity index (χ0) is 19.2. The van der Waals surface area contributed by atoms with Crippen molar-refractivity contribution >= 4 is 17.0 Å². The van der Waals surface area contributed by atoms with Crippen LogP contribution in [0.4, 0.5) is 0 Å². The summed E-state index contributed by atoms with van der Waals surface area (Å²) in [6.45, 7) is 4.32. The molecule has 0 radical (unpaired) electrons. The number of fused-ring (bicyclic) bond motifs is 1. The maximum absolute atomic E-state index is 9.25. The Kier molecular flexibility index (Phi) is 5.74. The van der Waals surface area contributed by atoms with Gasteiger partial charge in [0.05, 0.1) is 5.69 Å². The van der Waals surface area contributed by atoms with Gasteiger partial charge in [-0.1, -0.05) is 50.6 Å². The number of allylic oxidation sites excluding steroid dienone is 1. The molecule has 3 rings (SSSR count). The maximum Gasteiger partial charge on any atom is 0.130 e. The van der Waals surface area contributed by atoms with Gasteiger partial charge in [-0.15, -0.1) is 0 Å². The van der Waals surface area contributed by atoms with Crippen LogP contribution in [0.5, 0.6) is 0 Å². The first-order chi connectivity index (χ1) is 13.2. The Hall–Kier alpha value is -3.30. The number of hydrogen-bond acceptors (Lipinski definition) is 2. The number of unbranched alkanes of at least 4 members (excludes halogenated alkanes) is 1. The number of H-pyrrole nitrogens is 1. The fraction of sp³-hybridized carbons (Fsp3) is 0.250. The van der Waals surface area contributed by atoms with Gasteiger partial charge in [0.15, 0.2) is 0 Å². The monoisotopic (exact) mass is 353 g/mol. The minimum Gasteiger partial charge on any atom is -0.354 e. The summed E-state index contributed by atoms with van der Waals surface area (Å²) < 4.78 is 0. The Balaban J connectivity index is 2.20. The average Bonchev–Trinajstić information content (AvgIpc) is 3.08. The average molecular weight is 353 g/mol. The van der Waals surface area contributed by atoms with Crippen molar-refractivity contribution in [3.63, 3.8) is 0 Å². The number of nitrogens with one attached hydrogen (secondary N) is 1. The smallest absolute Gasteiger partial charge is 0.130 e. The van der Waals surface area contributed by atoms with Crippen LogP contribution in [0.2, 0.25) is 0 Å². The summed E-state index contributed by atoms with van der Waals surface area (Å²) >= 11 is 0. The first-order valence-electron chi connectivity index (χ1n) is 9.46. The molecule has 0 aliphatic rings. The van der Waals surface area contributed by atoms with E-state index in [0.717, 1.165) is 53.4 Å². The maximum atomic E-state index is 9.25. The number of nitrogens with zero attached hydrogens (tertiary/aromatic N) is 2. The first kappa shape index (κ1) is 18.5. The standard InChI is InChI=1S/C24H23N3/c1-3-5-6-18-9-12-23-21(13-18)22(14-19(15-25)16-26)24(27-23)20-10-7-17(4-2)8-11-20/h7-14,27H,3-6H2,1-2H3. The van der Waals surface area contributed by atoms with Gasteiger partial charge in [0.25, 0.3) is 0 Å². The van der Waals surface area contributed by atoms with Gasteiger partial charge in [-0.3, -0.25) is 0 Å². The summed E-state index contributed by atoms with van der Waals surface area (Å²) in [6.07, 6.45) is 6.03. The molecule has 27 heavy (non-hydrogen) atoms. The number of benzene rings is 2. The summed E-state index contributed by atoms with van der Waals surface area (Å²) in [5.74, 6) is 0. The molecule has 3 nitrogen and oxygen atoms in total. The molecule has 1 N–H and O–H groups in total. The Bertz CT molecular complexity index is 1040. The highest BCUT2D eigenvalue weighted by Gasteiger charge is 2.13. The molecule has 3 aromatic rings. The lowest BCUT2D eigenvalue weighted by Crippen LogP contribution is -1.85. The molecule has 0 spiro atoms. The van der Waals surface area contributed by atoms with Crippen LogP contribution in [0.25, 0.3) is 28.2 Å². The topological polar surface area (TPSA) is 63.4 Å². The molecule has 3 heteroatoms. The molecular formula is C24H23N3. The van der Waals surface area contributed by atoms with E-state index in [1.54, 1.807) is 6.08 Å². The van der Waals surface area contributed by atoms with Crippen LogP contribution in [0, 0.1) is 22.7 Å². The van der Waals surface area contributed by atoms with E-state index >= 15 is 0 Å². The van der Waals surface area contributed by atoms with Crippen molar-refractivity contribution in [2.75, 3.05) is 0 Å². The molecule has 0 atom stereocenters. The third kappa shape index (κ3) is 3.94. The molecule has 0 bridgehead atoms. The first-order valence-corrected chi connectivity index (χ1v) is 9.46. The summed E-state index contributed by atoms with van der Waals surface area (Å²) in [5.41, 5.74) is 6.60. The molecule has 0 aliphatic carbocycles. The second-order valence-electron chi connectivity index (χ2n) is 6.73. The quantitative estimate of drug-likeness (QED) is 0.538. The predicted molar refractivity (Wildman–Crippen MR) is 111 cm³/mol. The normalized spacial score (nSPS) is 10.4. The highest BCUT2D eigenvalue weighted by Crippen LogP contribution is 2.33. The molecule has 0 aliphatic heterocycles. The highest BCUT2D eigenvalue weighted by molar-refractivity contribution is 5.98. The molecule has 0 fully saturated rings. The lowest BCUT2D eigenvalue weighted by molar-refractivity contribution is 0.796. The highest BCUT2D eigenvalue weighted by atomic mass is 14.7. The SMILES string of the molecule is CCCCc1ccc2[nH]c(-c3ccc(CC)cc3)c(C=C(C#N)C#N)c2c1. The number of aryl methyl sites for hydroxylation is 2. The lowest BCUT2D eigenvalue weighted by Gasteiger charge is -2.04. The summed E-state index contributed by atoms with van der Waals surface area (Å²) in [7, 11) is 0. The van der Waals surface area contributed by atoms with Gasteiger partial charge >= 0.3 is 0 Å². The minimum absolute atomic E-state index is 0.112. The minimum atomic E-state index is 0.112. The zero-order valence-electron chi connectivity index (χ0n) is 15.8. The van der Waals surface area contributed by atoms with Gasteiger partial charge in [-0.05, 0) is 54.2 Å². The number of rotatable bonds is 6. The Labute approximate surface area is 160 Å². The fourth-order valence-electron chi connectivity index (χ4n) is 3.31. The molecule has 134 valence electrons. The van der Waals surface area contributed by atoms with Gasteiger partial charge in [-0.2, -0.15) is 10.5 Å². The number of nitriles is 2. The van der Waals surface area contributed by atoms with E-state index in [0.29, 0.717) is 0 Å². The Morgan fingerprint density at radius 2 is 1.70 bits per heavy atom. The van der Waals surface area contributed by atoms with Gasteiger partial charge in [0.1, 0.15) is 17.7 Å². The molecule has 1 aromatic heterocycles. The molecule has 0 saturated carbocycles. The molecule has 2 aromatic carbocycles. The van der Waals surface area contributed by atoms with E-state index in [1.807, 2.05) is 12.1 Å². The second-order valence-corrected chi connectivity index (χ2v) is 6.73. The number of hydrogen-bond donors (Lipinski definition) is 1. The molecular weight excluding hydrogens is 330 g/mol. The van der Waals surface area contributed by atoms with Crippen LogP contribution in [0.1, 0.15) is 43.4 Å². The van der Waals surface area contributed by atoms with Gasteiger partial charge < -0.3 is 4.98 Å². The third-order valence-corrected chi connectivity index (χ3v) is 4.90. The zero-order valence-corrected chi connectivity index (χ0v) is 15.8. The lowest BCUT2D eigenvalue weighted by atomic mass is 9.99. The summed E-state index contributed by atoms with van der Waals surface area (Å²) in [5, 5.41) is 19.5. The van der Waals surface area contributed by atoms with Crippen LogP contribution < -0.4 is 0 Å². The van der Waals surface area contributed by atoms with Gasteiger partial charge in [0.2, 0.25) is 0 Å². The van der Waals surface area contributed by atoms with Crippen LogP contribution in [0.3, 0.4) is 0 Å². The van der Waals surface area contributed by atoms with Gasteiger partial charge in [0, 0.05) is 16.5 Å². The molecule has 0 saturated heterocycles. The van der Waals surface area contributed by atoms with Crippen LogP contribution in [0.15, 0.2) is 48.0 Å². The number of aromatic amines is 1. The van der Waals surface area contributed by atoms with Crippen molar-refractivity contribution in [2.45, 2.75) is 39.5 Å². The van der Waals surface area contributed by atoms with Crippen LogP contribution in [-0.2, 0) is 12.8 Å². The Morgan fingerprint density at radius 1 is 1.00 bits per heavy atom. The van der Waals surface area contributed by atoms with E-state index in [2.05, 4.69) is 61.3 Å². The summed E-state index contributed by atoms with van der Waals surface area (Å²) in [4.78, 5) is 3.49. The molecule has 1 heterocycles. The predicted octanol–water partition coefficient (Wildman–Crippen LogP) is 6.17. The third-order valence-electron chi connectivity index (χ3n) is 4.90. The van der Waals surface area contributed by atoms with Crippen molar-refractivity contribution in [2.24, 2.45) is 0 Å². The van der Waals surface area contributed by atoms with Crippen molar-refractivity contribution in [3.8, 4) is 23.4 Å². The largest absolute Gasteiger partial charge is 0.354 e. The van der Waals surface area contributed by atoms with Crippen molar-refractivity contribution in [1.29, 1.82) is 10.5 Å². The fourth-order valence-corrected chi connectivity index (χ4v) is 3.31. The van der Waals surface area contributed by atoms with E-state index in [9.17, 15) is 10.5 Å². The van der Waals surface area contributed by atoms with E-state index in [-0.39, 0.29) is 5.57 Å². The van der Waals surface area contributed by atoms with Crippen LogP contribution >= 0.6 is 0 Å². The van der Waals surface area contributed by atoms with E-state index in [1.165, 1.54) is 11.1 Å². The van der Waals surface area contributed by atoms with Crippen molar-refractivity contribution < 1.29 is 0 Å². The number of aromatic nitrogens is 1. The van der Waals surface area contributed by atoms with E-state index in [4.69, 9.17) is 0 Å².